The van der Waals surface area contributed by atoms with Crippen LogP contribution in [0.15, 0.2) is 18.2 Å². The first-order chi connectivity index (χ1) is 13.8. The summed E-state index contributed by atoms with van der Waals surface area (Å²) in [6.07, 6.45) is 0.653. The van der Waals surface area contributed by atoms with Crippen LogP contribution in [0, 0.1) is 41.2 Å². The number of nitrogens with zero attached hydrogens (tertiary/aromatic N) is 4. The molecule has 0 aromatic heterocycles. The Labute approximate surface area is 169 Å². The summed E-state index contributed by atoms with van der Waals surface area (Å²) >= 11 is 0. The zero-order valence-corrected chi connectivity index (χ0v) is 16.5. The SMILES string of the molecule is [C-]#[N+]C([N+]#[C-])=c1ccc(=C(C#N)C#N)cc1OCOCCOC(=O)C(C)(C)CC. The molecule has 0 spiro atoms. The fourth-order valence-corrected chi connectivity index (χ4v) is 1.98. The van der Waals surface area contributed by atoms with Crippen LogP contribution in [0.2, 0.25) is 0 Å². The molecule has 0 heterocycles. The Bertz CT molecular complexity index is 1010. The minimum Gasteiger partial charge on any atom is -0.468 e. The van der Waals surface area contributed by atoms with Gasteiger partial charge < -0.3 is 14.2 Å². The largest absolute Gasteiger partial charge is 0.530 e. The molecule has 0 unspecified atom stereocenters. The minimum absolute atomic E-state index is 0.0563. The third-order valence-electron chi connectivity index (χ3n) is 4.14. The van der Waals surface area contributed by atoms with Gasteiger partial charge in [-0.15, -0.1) is 0 Å². The average Bonchev–Trinajstić information content (AvgIpc) is 2.73. The fraction of sp³-hybridized carbons (Fsp3) is 0.381. The van der Waals surface area contributed by atoms with Gasteiger partial charge in [-0.3, -0.25) is 4.79 Å². The van der Waals surface area contributed by atoms with Crippen LogP contribution in [0.1, 0.15) is 27.2 Å². The van der Waals surface area contributed by atoms with E-state index in [1.54, 1.807) is 26.0 Å². The number of benzene rings is 1. The highest BCUT2D eigenvalue weighted by atomic mass is 16.7. The summed E-state index contributed by atoms with van der Waals surface area (Å²) in [7, 11) is 0. The quantitative estimate of drug-likeness (QED) is 0.291. The summed E-state index contributed by atoms with van der Waals surface area (Å²) in [4.78, 5) is 18.2. The van der Waals surface area contributed by atoms with Crippen molar-refractivity contribution >= 4 is 17.4 Å². The molecule has 29 heavy (non-hydrogen) atoms. The Morgan fingerprint density at radius 2 is 1.83 bits per heavy atom. The highest BCUT2D eigenvalue weighted by Gasteiger charge is 2.26. The van der Waals surface area contributed by atoms with E-state index in [9.17, 15) is 4.79 Å². The Hall–Kier alpha value is -3.85. The van der Waals surface area contributed by atoms with E-state index in [0.717, 1.165) is 0 Å². The average molecular weight is 392 g/mol. The van der Waals surface area contributed by atoms with Gasteiger partial charge >= 0.3 is 11.8 Å². The van der Waals surface area contributed by atoms with E-state index in [2.05, 4.69) is 9.69 Å². The van der Waals surface area contributed by atoms with Crippen LogP contribution in [0.4, 0.5) is 0 Å². The summed E-state index contributed by atoms with van der Waals surface area (Å²) in [5.41, 5.74) is -0.687. The predicted molar refractivity (Wildman–Crippen MR) is 103 cm³/mol. The maximum Gasteiger partial charge on any atom is 0.530 e. The highest BCUT2D eigenvalue weighted by molar-refractivity contribution is 5.75. The van der Waals surface area contributed by atoms with Crippen LogP contribution >= 0.6 is 0 Å². The summed E-state index contributed by atoms with van der Waals surface area (Å²) in [6, 6.07) is 7.87. The molecule has 0 atom stereocenters. The molecule has 1 aromatic carbocycles. The maximum absolute atomic E-state index is 11.9. The molecular weight excluding hydrogens is 372 g/mol. The van der Waals surface area contributed by atoms with Gasteiger partial charge in [0.2, 0.25) is 0 Å². The molecule has 0 bridgehead atoms. The second-order valence-electron chi connectivity index (χ2n) is 6.40. The molecule has 0 radical (unpaired) electrons. The molecule has 0 saturated heterocycles. The van der Waals surface area contributed by atoms with Gasteiger partial charge in [0.15, 0.2) is 6.79 Å². The van der Waals surface area contributed by atoms with Gasteiger partial charge in [0.05, 0.1) is 12.0 Å². The number of rotatable bonds is 8. The second kappa shape index (κ2) is 11.1. The summed E-state index contributed by atoms with van der Waals surface area (Å²) in [5.74, 6) is -0.390. The molecular formula is C21H20N4O4. The summed E-state index contributed by atoms with van der Waals surface area (Å²) < 4.78 is 15.9. The van der Waals surface area contributed by atoms with E-state index in [1.165, 1.54) is 18.2 Å². The molecule has 0 aliphatic rings. The lowest BCUT2D eigenvalue weighted by Gasteiger charge is -2.20. The van der Waals surface area contributed by atoms with Crippen LogP contribution in [-0.2, 0) is 14.3 Å². The third kappa shape index (κ3) is 6.36. The van der Waals surface area contributed by atoms with E-state index < -0.39 is 5.41 Å². The standard InChI is InChI=1S/C21H20N4O4/c1-6-21(2,3)20(26)28-10-9-27-14-29-18-11-15(16(12-22)13-23)7-8-17(18)19(24-4)25-5/h7-8,11H,6,9-10,14H2,1-3H3. The van der Waals surface area contributed by atoms with Gasteiger partial charge in [-0.1, -0.05) is 19.1 Å². The first-order valence-corrected chi connectivity index (χ1v) is 8.66. The Kier molecular flexibility index (Phi) is 8.87. The first-order valence-electron chi connectivity index (χ1n) is 8.66. The molecule has 148 valence electrons. The number of hydrogen-bond donors (Lipinski definition) is 0. The highest BCUT2D eigenvalue weighted by Crippen LogP contribution is 2.21. The molecule has 0 fully saturated rings. The number of ether oxygens (including phenoxy) is 3. The number of esters is 1. The summed E-state index contributed by atoms with van der Waals surface area (Å²) in [5, 5.41) is 18.6. The lowest BCUT2D eigenvalue weighted by molar-refractivity contribution is -0.156. The van der Waals surface area contributed by atoms with Crippen LogP contribution in [0.3, 0.4) is 0 Å². The zero-order valence-electron chi connectivity index (χ0n) is 16.5. The van der Waals surface area contributed by atoms with Crippen LogP contribution in [0.25, 0.3) is 21.1 Å². The molecule has 0 aliphatic carbocycles. The number of carbonyl (C=O) groups excluding carboxylic acids is 1. The molecule has 0 N–H and O–H groups in total. The minimum atomic E-state index is -0.562. The van der Waals surface area contributed by atoms with Crippen molar-refractivity contribution in [2.75, 3.05) is 20.0 Å². The van der Waals surface area contributed by atoms with Gasteiger partial charge in [0, 0.05) is 5.22 Å². The predicted octanol–water partition coefficient (Wildman–Crippen LogP) is 2.12. The van der Waals surface area contributed by atoms with E-state index in [-0.39, 0.29) is 48.3 Å². The van der Waals surface area contributed by atoms with Crippen molar-refractivity contribution in [2.45, 2.75) is 27.2 Å². The molecule has 0 amide bonds. The van der Waals surface area contributed by atoms with E-state index >= 15 is 0 Å². The van der Waals surface area contributed by atoms with Crippen molar-refractivity contribution in [1.29, 1.82) is 10.5 Å². The topological polar surface area (TPSA) is 101 Å². The third-order valence-corrected chi connectivity index (χ3v) is 4.14. The number of hydrogen-bond acceptors (Lipinski definition) is 6. The number of nitriles is 2. The van der Waals surface area contributed by atoms with E-state index in [1.807, 2.05) is 6.92 Å². The monoisotopic (exact) mass is 392 g/mol. The molecule has 1 rings (SSSR count). The van der Waals surface area contributed by atoms with Gasteiger partial charge in [-0.05, 0) is 26.3 Å². The smallest absolute Gasteiger partial charge is 0.468 e. The molecule has 8 heteroatoms. The lowest BCUT2D eigenvalue weighted by atomic mass is 9.91. The second-order valence-corrected chi connectivity index (χ2v) is 6.40. The summed E-state index contributed by atoms with van der Waals surface area (Å²) in [6.45, 7) is 19.6. The fourth-order valence-electron chi connectivity index (χ4n) is 1.98. The van der Waals surface area contributed by atoms with E-state index in [4.69, 9.17) is 37.9 Å². The Morgan fingerprint density at radius 3 is 2.38 bits per heavy atom. The normalized spacial score (nSPS) is 9.90. The van der Waals surface area contributed by atoms with Crippen molar-refractivity contribution in [2.24, 2.45) is 5.41 Å². The molecule has 1 aromatic rings. The van der Waals surface area contributed by atoms with Crippen molar-refractivity contribution in [3.05, 3.63) is 51.5 Å². The van der Waals surface area contributed by atoms with Gasteiger partial charge in [0.1, 0.15) is 48.4 Å². The number of carbonyl (C=O) groups is 1. The molecule has 0 aliphatic heterocycles. The Morgan fingerprint density at radius 1 is 1.17 bits per heavy atom. The maximum atomic E-state index is 11.9. The van der Waals surface area contributed by atoms with Crippen molar-refractivity contribution in [3.8, 4) is 17.9 Å². The van der Waals surface area contributed by atoms with E-state index in [0.29, 0.717) is 11.6 Å². The first kappa shape index (κ1) is 23.2. The van der Waals surface area contributed by atoms with Gasteiger partial charge in [0.25, 0.3) is 0 Å². The zero-order chi connectivity index (χ0) is 21.9. The van der Waals surface area contributed by atoms with Gasteiger partial charge in [-0.2, -0.15) is 20.2 Å². The molecule has 0 saturated carbocycles. The van der Waals surface area contributed by atoms with Crippen molar-refractivity contribution < 1.29 is 19.0 Å². The Balaban J connectivity index is 2.89. The van der Waals surface area contributed by atoms with Crippen molar-refractivity contribution in [3.63, 3.8) is 0 Å². The van der Waals surface area contributed by atoms with Gasteiger partial charge in [-0.25, -0.2) is 0 Å². The molecule has 8 nitrogen and oxygen atoms in total. The van der Waals surface area contributed by atoms with Crippen LogP contribution < -0.4 is 15.2 Å². The van der Waals surface area contributed by atoms with Crippen molar-refractivity contribution in [1.82, 2.24) is 0 Å². The van der Waals surface area contributed by atoms with Crippen LogP contribution in [-0.4, -0.2) is 26.0 Å². The lowest BCUT2D eigenvalue weighted by Crippen LogP contribution is -2.27. The van der Waals surface area contributed by atoms with Crippen LogP contribution in [0.5, 0.6) is 5.75 Å².